The number of unbranched alkanes of at least 4 members (excludes halogenated alkanes) is 1. The van der Waals surface area contributed by atoms with Crippen molar-refractivity contribution in [1.82, 2.24) is 4.90 Å². The van der Waals surface area contributed by atoms with E-state index in [0.717, 1.165) is 5.37 Å². The number of amides is 2. The van der Waals surface area contributed by atoms with Crippen LogP contribution in [0.4, 0.5) is 0 Å². The molecular weight excluding hydrogens is 432 g/mol. The summed E-state index contributed by atoms with van der Waals surface area (Å²) in [5.41, 5.74) is -1.06. The molecule has 0 saturated carbocycles. The van der Waals surface area contributed by atoms with Gasteiger partial charge in [0, 0.05) is 6.54 Å². The fourth-order valence-corrected chi connectivity index (χ4v) is 4.22. The first-order valence-corrected chi connectivity index (χ1v) is 12.0. The molecule has 0 N–H and O–H groups in total. The molecule has 0 aromatic heterocycles. The van der Waals surface area contributed by atoms with E-state index in [1.165, 1.54) is 4.90 Å². The van der Waals surface area contributed by atoms with Gasteiger partial charge >= 0.3 is 14.2 Å². The van der Waals surface area contributed by atoms with E-state index in [-0.39, 0.29) is 11.8 Å². The molecule has 34 heavy (non-hydrogen) atoms. The third kappa shape index (κ3) is 4.17. The Morgan fingerprint density at radius 3 is 1.53 bits per heavy atom. The summed E-state index contributed by atoms with van der Waals surface area (Å²) in [5, 5.41) is 0.777. The summed E-state index contributed by atoms with van der Waals surface area (Å²) in [6.45, 7) is 16.4. The highest BCUT2D eigenvalue weighted by atomic mass is 16.7. The predicted molar refractivity (Wildman–Crippen MR) is 131 cm³/mol. The second-order valence-electron chi connectivity index (χ2n) is 11.3. The van der Waals surface area contributed by atoms with Gasteiger partial charge in [-0.05, 0) is 85.7 Å². The number of hydrogen-bond donors (Lipinski definition) is 0. The Morgan fingerprint density at radius 2 is 1.15 bits per heavy atom. The molecule has 0 atom stereocenters. The smallest absolute Gasteiger partial charge is 0.400 e. The number of carbonyl (C=O) groups excluding carboxylic acids is 2. The van der Waals surface area contributed by atoms with Crippen LogP contribution < -0.4 is 0 Å². The molecule has 0 aliphatic carbocycles. The minimum absolute atomic E-state index is 0.235. The first-order valence-electron chi connectivity index (χ1n) is 12.0. The van der Waals surface area contributed by atoms with Crippen LogP contribution in [0.3, 0.4) is 0 Å². The number of benzene rings is 1. The zero-order valence-electron chi connectivity index (χ0n) is 21.6. The molecule has 9 heteroatoms. The van der Waals surface area contributed by atoms with Gasteiger partial charge in [-0.15, -0.1) is 0 Å². The molecule has 0 spiro atoms. The maximum atomic E-state index is 12.6. The highest BCUT2D eigenvalue weighted by Gasteiger charge is 2.59. The van der Waals surface area contributed by atoms with Crippen molar-refractivity contribution >= 4 is 26.1 Å². The maximum Gasteiger partial charge on any atom is 0.486 e. The lowest BCUT2D eigenvalue weighted by molar-refractivity contribution is 0.00578. The van der Waals surface area contributed by atoms with Crippen LogP contribution in [-0.4, -0.2) is 59.9 Å². The largest absolute Gasteiger partial charge is 0.486 e. The zero-order valence-corrected chi connectivity index (χ0v) is 21.6. The van der Waals surface area contributed by atoms with E-state index < -0.39 is 36.6 Å². The SMILES string of the molecule is CC1(C)OB(C(=CCCCN2C(=O)c3ccccc3C2=O)B2OC(C)(C)C(C)(C)O2)OC1(C)C. The van der Waals surface area contributed by atoms with Crippen molar-refractivity contribution in [1.29, 1.82) is 0 Å². The Morgan fingerprint density at radius 1 is 0.765 bits per heavy atom. The fourth-order valence-electron chi connectivity index (χ4n) is 4.22. The molecule has 3 aliphatic heterocycles. The molecular formula is C25H35B2NO6. The summed E-state index contributed by atoms with van der Waals surface area (Å²) in [7, 11) is -1.22. The van der Waals surface area contributed by atoms with Crippen molar-refractivity contribution in [2.24, 2.45) is 0 Å². The second kappa shape index (κ2) is 8.33. The normalized spacial score (nSPS) is 24.1. The van der Waals surface area contributed by atoms with Crippen molar-refractivity contribution in [3.63, 3.8) is 0 Å². The Labute approximate surface area is 203 Å². The summed E-state index contributed by atoms with van der Waals surface area (Å²) < 4.78 is 25.3. The van der Waals surface area contributed by atoms with Gasteiger partial charge in [-0.2, -0.15) is 0 Å². The van der Waals surface area contributed by atoms with Gasteiger partial charge in [0.05, 0.1) is 33.5 Å². The van der Waals surface area contributed by atoms with E-state index in [1.54, 1.807) is 24.3 Å². The van der Waals surface area contributed by atoms with Gasteiger partial charge in [0.1, 0.15) is 0 Å². The summed E-state index contributed by atoms with van der Waals surface area (Å²) in [4.78, 5) is 26.6. The topological polar surface area (TPSA) is 74.3 Å². The standard InChI is InChI=1S/C25H35B2NO6/c1-22(2)23(3,4)32-26(31-22)19(27-33-24(5,6)25(7,8)34-27)15-11-12-16-28-20(29)17-13-9-10-14-18(17)21(28)30/h9-10,13-15H,11-12,16H2,1-8H3. The molecule has 2 saturated heterocycles. The molecule has 0 bridgehead atoms. The minimum atomic E-state index is -0.612. The molecule has 0 radical (unpaired) electrons. The van der Waals surface area contributed by atoms with Crippen molar-refractivity contribution in [3.8, 4) is 0 Å². The minimum Gasteiger partial charge on any atom is -0.400 e. The summed E-state index contributed by atoms with van der Waals surface area (Å²) >= 11 is 0. The summed E-state index contributed by atoms with van der Waals surface area (Å²) in [6.07, 6.45) is 3.23. The van der Waals surface area contributed by atoms with Gasteiger partial charge in [-0.25, -0.2) is 0 Å². The second-order valence-corrected chi connectivity index (χ2v) is 11.3. The van der Waals surface area contributed by atoms with E-state index >= 15 is 0 Å². The van der Waals surface area contributed by atoms with E-state index in [2.05, 4.69) is 0 Å². The number of nitrogens with zero attached hydrogens (tertiary/aromatic N) is 1. The monoisotopic (exact) mass is 467 g/mol. The Bertz CT molecular complexity index is 927. The van der Waals surface area contributed by atoms with Crippen LogP contribution in [0.5, 0.6) is 0 Å². The Kier molecular flexibility index (Phi) is 6.17. The van der Waals surface area contributed by atoms with E-state index in [1.807, 2.05) is 61.5 Å². The molecule has 3 heterocycles. The lowest BCUT2D eigenvalue weighted by Gasteiger charge is -2.32. The summed E-state index contributed by atoms with van der Waals surface area (Å²) in [6, 6.07) is 6.95. The number of imide groups is 1. The third-order valence-electron chi connectivity index (χ3n) is 7.89. The first kappa shape index (κ1) is 25.2. The van der Waals surface area contributed by atoms with E-state index in [0.29, 0.717) is 30.5 Å². The van der Waals surface area contributed by atoms with Crippen LogP contribution in [0, 0.1) is 0 Å². The summed E-state index contributed by atoms with van der Waals surface area (Å²) in [5.74, 6) is -0.469. The molecule has 182 valence electrons. The van der Waals surface area contributed by atoms with E-state index in [4.69, 9.17) is 18.6 Å². The molecule has 4 rings (SSSR count). The van der Waals surface area contributed by atoms with E-state index in [9.17, 15) is 9.59 Å². The van der Waals surface area contributed by atoms with Gasteiger partial charge in [0.15, 0.2) is 0 Å². The Hall–Kier alpha value is -1.93. The number of allylic oxidation sites excluding steroid dienone is 1. The number of rotatable bonds is 6. The molecule has 3 aliphatic rings. The average Bonchev–Trinajstić information content (AvgIpc) is 3.19. The van der Waals surface area contributed by atoms with Crippen LogP contribution in [-0.2, 0) is 18.6 Å². The lowest BCUT2D eigenvalue weighted by atomic mass is 9.57. The molecule has 2 amide bonds. The highest BCUT2D eigenvalue weighted by Crippen LogP contribution is 2.43. The van der Waals surface area contributed by atoms with Crippen LogP contribution >= 0.6 is 0 Å². The van der Waals surface area contributed by atoms with Gasteiger partial charge < -0.3 is 18.6 Å². The van der Waals surface area contributed by atoms with Crippen LogP contribution in [0.25, 0.3) is 0 Å². The number of hydrogen-bond acceptors (Lipinski definition) is 6. The van der Waals surface area contributed by atoms with Crippen LogP contribution in [0.1, 0.15) is 88.9 Å². The molecule has 1 aromatic carbocycles. The maximum absolute atomic E-state index is 12.6. The third-order valence-corrected chi connectivity index (χ3v) is 7.89. The lowest BCUT2D eigenvalue weighted by Crippen LogP contribution is -2.41. The molecule has 0 unspecified atom stereocenters. The van der Waals surface area contributed by atoms with Crippen molar-refractivity contribution in [3.05, 3.63) is 46.8 Å². The Balaban J connectivity index is 1.50. The van der Waals surface area contributed by atoms with Gasteiger partial charge in [0.2, 0.25) is 0 Å². The zero-order chi connectivity index (χ0) is 25.1. The number of fused-ring (bicyclic) bond motifs is 1. The molecule has 2 fully saturated rings. The number of carbonyl (C=O) groups is 2. The molecule has 1 aromatic rings. The fraction of sp³-hybridized carbons (Fsp3) is 0.600. The molecule has 7 nitrogen and oxygen atoms in total. The van der Waals surface area contributed by atoms with Gasteiger partial charge in [-0.1, -0.05) is 18.2 Å². The van der Waals surface area contributed by atoms with Crippen LogP contribution in [0.2, 0.25) is 0 Å². The predicted octanol–water partition coefficient (Wildman–Crippen LogP) is 4.25. The highest BCUT2D eigenvalue weighted by molar-refractivity contribution is 6.78. The van der Waals surface area contributed by atoms with Crippen molar-refractivity contribution < 1.29 is 28.2 Å². The van der Waals surface area contributed by atoms with Crippen molar-refractivity contribution in [2.75, 3.05) is 6.54 Å². The van der Waals surface area contributed by atoms with Gasteiger partial charge in [0.25, 0.3) is 11.8 Å². The first-order chi connectivity index (χ1) is 15.7. The van der Waals surface area contributed by atoms with Crippen LogP contribution in [0.15, 0.2) is 35.7 Å². The van der Waals surface area contributed by atoms with Crippen molar-refractivity contribution in [2.45, 2.75) is 90.6 Å². The van der Waals surface area contributed by atoms with Gasteiger partial charge in [-0.3, -0.25) is 14.5 Å². The average molecular weight is 467 g/mol. The quantitative estimate of drug-likeness (QED) is 0.354.